The largest absolute Gasteiger partial charge is 0.478 e. The monoisotopic (exact) mass is 394 g/mol. The number of hydrogen-bond donors (Lipinski definition) is 1. The molecular weight excluding hydrogens is 371 g/mol. The Balaban J connectivity index is 1.35. The maximum atomic E-state index is 6.33. The highest BCUT2D eigenvalue weighted by Gasteiger charge is 2.19. The SMILES string of the molecule is Nc1cccc(OCCCCN2CCN(c3cccc(Cl)c3Cl)CC2)n1. The highest BCUT2D eigenvalue weighted by Crippen LogP contribution is 2.32. The van der Waals surface area contributed by atoms with Crippen molar-refractivity contribution < 1.29 is 4.74 Å². The Labute approximate surface area is 164 Å². The molecule has 1 fully saturated rings. The lowest BCUT2D eigenvalue weighted by Gasteiger charge is -2.36. The van der Waals surface area contributed by atoms with Gasteiger partial charge < -0.3 is 15.4 Å². The summed E-state index contributed by atoms with van der Waals surface area (Å²) < 4.78 is 5.63. The van der Waals surface area contributed by atoms with E-state index < -0.39 is 0 Å². The van der Waals surface area contributed by atoms with Crippen LogP contribution < -0.4 is 15.4 Å². The van der Waals surface area contributed by atoms with Crippen LogP contribution in [0.15, 0.2) is 36.4 Å². The first-order chi connectivity index (χ1) is 12.6. The number of unbranched alkanes of at least 4 members (excludes halogenated alkanes) is 1. The van der Waals surface area contributed by atoms with Crippen molar-refractivity contribution in [3.63, 3.8) is 0 Å². The number of piperazine rings is 1. The molecule has 0 saturated carbocycles. The molecular formula is C19H24Cl2N4O. The number of nitrogens with two attached hydrogens (primary N) is 1. The van der Waals surface area contributed by atoms with Crippen molar-refractivity contribution in [3.8, 4) is 5.88 Å². The third kappa shape index (κ3) is 5.16. The molecule has 1 aliphatic rings. The molecule has 1 saturated heterocycles. The molecule has 0 aliphatic carbocycles. The number of nitrogens with zero attached hydrogens (tertiary/aromatic N) is 3. The van der Waals surface area contributed by atoms with E-state index in [-0.39, 0.29) is 0 Å². The first-order valence-electron chi connectivity index (χ1n) is 8.90. The van der Waals surface area contributed by atoms with E-state index in [2.05, 4.69) is 14.8 Å². The molecule has 140 valence electrons. The van der Waals surface area contributed by atoms with Gasteiger partial charge in [-0.25, -0.2) is 0 Å². The predicted molar refractivity (Wildman–Crippen MR) is 108 cm³/mol. The second-order valence-electron chi connectivity index (χ2n) is 6.36. The number of benzene rings is 1. The highest BCUT2D eigenvalue weighted by molar-refractivity contribution is 6.43. The lowest BCUT2D eigenvalue weighted by Crippen LogP contribution is -2.46. The molecule has 0 unspecified atom stereocenters. The lowest BCUT2D eigenvalue weighted by atomic mass is 10.2. The maximum absolute atomic E-state index is 6.33. The van der Waals surface area contributed by atoms with Gasteiger partial charge in [-0.15, -0.1) is 0 Å². The minimum Gasteiger partial charge on any atom is -0.478 e. The molecule has 1 aromatic heterocycles. The Kier molecular flexibility index (Phi) is 6.83. The van der Waals surface area contributed by atoms with Crippen molar-refractivity contribution in [2.75, 3.05) is 50.0 Å². The van der Waals surface area contributed by atoms with Crippen molar-refractivity contribution in [2.45, 2.75) is 12.8 Å². The molecule has 2 N–H and O–H groups in total. The summed E-state index contributed by atoms with van der Waals surface area (Å²) in [6, 6.07) is 11.2. The van der Waals surface area contributed by atoms with Crippen molar-refractivity contribution in [1.29, 1.82) is 0 Å². The van der Waals surface area contributed by atoms with E-state index in [4.69, 9.17) is 33.7 Å². The molecule has 2 heterocycles. The van der Waals surface area contributed by atoms with E-state index in [1.54, 1.807) is 6.07 Å². The summed E-state index contributed by atoms with van der Waals surface area (Å²) >= 11 is 12.4. The Bertz CT molecular complexity index is 720. The summed E-state index contributed by atoms with van der Waals surface area (Å²) in [7, 11) is 0. The second kappa shape index (κ2) is 9.31. The third-order valence-corrected chi connectivity index (χ3v) is 5.32. The van der Waals surface area contributed by atoms with Crippen LogP contribution in [0.4, 0.5) is 11.5 Å². The smallest absolute Gasteiger partial charge is 0.215 e. The Hall–Kier alpha value is -1.69. The van der Waals surface area contributed by atoms with Gasteiger partial charge in [0.15, 0.2) is 0 Å². The van der Waals surface area contributed by atoms with Gasteiger partial charge in [-0.2, -0.15) is 4.98 Å². The molecule has 2 aromatic rings. The Morgan fingerprint density at radius 1 is 1.00 bits per heavy atom. The first-order valence-corrected chi connectivity index (χ1v) is 9.66. The molecule has 1 aliphatic heterocycles. The summed E-state index contributed by atoms with van der Waals surface area (Å²) in [5.41, 5.74) is 6.67. The van der Waals surface area contributed by atoms with Crippen LogP contribution >= 0.6 is 23.2 Å². The topological polar surface area (TPSA) is 54.6 Å². The number of rotatable bonds is 7. The van der Waals surface area contributed by atoms with Crippen LogP contribution in [0.3, 0.4) is 0 Å². The summed E-state index contributed by atoms with van der Waals surface area (Å²) in [5.74, 6) is 1.08. The molecule has 7 heteroatoms. The van der Waals surface area contributed by atoms with E-state index in [1.165, 1.54) is 0 Å². The van der Waals surface area contributed by atoms with Crippen LogP contribution in [-0.4, -0.2) is 49.2 Å². The molecule has 26 heavy (non-hydrogen) atoms. The average molecular weight is 395 g/mol. The number of halogens is 2. The van der Waals surface area contributed by atoms with Gasteiger partial charge in [-0.3, -0.25) is 4.90 Å². The van der Waals surface area contributed by atoms with Gasteiger partial charge in [0.1, 0.15) is 5.82 Å². The molecule has 0 spiro atoms. The number of aromatic nitrogens is 1. The van der Waals surface area contributed by atoms with Crippen LogP contribution in [0.2, 0.25) is 10.0 Å². The standard InChI is InChI=1S/C19H24Cl2N4O/c20-15-5-3-6-16(19(15)21)25-12-10-24(11-13-25)9-1-2-14-26-18-8-4-7-17(22)23-18/h3-8H,1-2,9-14H2,(H2,22,23). The maximum Gasteiger partial charge on any atom is 0.215 e. The zero-order valence-electron chi connectivity index (χ0n) is 14.7. The van der Waals surface area contributed by atoms with E-state index in [1.807, 2.05) is 30.3 Å². The van der Waals surface area contributed by atoms with Gasteiger partial charge in [-0.05, 0) is 37.6 Å². The van der Waals surface area contributed by atoms with Crippen LogP contribution in [-0.2, 0) is 0 Å². The number of anilines is 2. The lowest BCUT2D eigenvalue weighted by molar-refractivity contribution is 0.236. The fourth-order valence-electron chi connectivity index (χ4n) is 3.07. The van der Waals surface area contributed by atoms with Crippen molar-refractivity contribution in [2.24, 2.45) is 0 Å². The second-order valence-corrected chi connectivity index (χ2v) is 7.14. The number of nitrogen functional groups attached to an aromatic ring is 1. The molecule has 5 nitrogen and oxygen atoms in total. The van der Waals surface area contributed by atoms with Crippen molar-refractivity contribution >= 4 is 34.7 Å². The number of ether oxygens (including phenoxy) is 1. The van der Waals surface area contributed by atoms with Gasteiger partial charge in [0.05, 0.1) is 22.3 Å². The molecule has 0 atom stereocenters. The molecule has 0 amide bonds. The van der Waals surface area contributed by atoms with E-state index >= 15 is 0 Å². The van der Waals surface area contributed by atoms with Crippen LogP contribution in [0.25, 0.3) is 0 Å². The Morgan fingerprint density at radius 3 is 2.54 bits per heavy atom. The van der Waals surface area contributed by atoms with E-state index in [9.17, 15) is 0 Å². The summed E-state index contributed by atoms with van der Waals surface area (Å²) in [4.78, 5) is 8.92. The molecule has 0 radical (unpaired) electrons. The zero-order valence-corrected chi connectivity index (χ0v) is 16.2. The molecule has 3 rings (SSSR count). The van der Waals surface area contributed by atoms with E-state index in [0.29, 0.717) is 28.3 Å². The summed E-state index contributed by atoms with van der Waals surface area (Å²) in [6.45, 7) is 5.72. The minimum absolute atomic E-state index is 0.486. The van der Waals surface area contributed by atoms with Gasteiger partial charge in [0.2, 0.25) is 5.88 Å². The van der Waals surface area contributed by atoms with Gasteiger partial charge in [0.25, 0.3) is 0 Å². The number of pyridine rings is 1. The zero-order chi connectivity index (χ0) is 18.4. The Morgan fingerprint density at radius 2 is 1.77 bits per heavy atom. The highest BCUT2D eigenvalue weighted by atomic mass is 35.5. The molecule has 1 aromatic carbocycles. The van der Waals surface area contributed by atoms with Crippen LogP contribution in [0, 0.1) is 0 Å². The quantitative estimate of drug-likeness (QED) is 0.720. The fourth-order valence-corrected chi connectivity index (χ4v) is 3.49. The summed E-state index contributed by atoms with van der Waals surface area (Å²) in [5, 5.41) is 1.26. The third-order valence-electron chi connectivity index (χ3n) is 4.51. The predicted octanol–water partition coefficient (Wildman–Crippen LogP) is 3.95. The fraction of sp³-hybridized carbons (Fsp3) is 0.421. The minimum atomic E-state index is 0.486. The van der Waals surface area contributed by atoms with Crippen molar-refractivity contribution in [3.05, 3.63) is 46.4 Å². The van der Waals surface area contributed by atoms with Crippen LogP contribution in [0.1, 0.15) is 12.8 Å². The van der Waals surface area contributed by atoms with Crippen LogP contribution in [0.5, 0.6) is 5.88 Å². The normalized spacial score (nSPS) is 15.2. The van der Waals surface area contributed by atoms with Gasteiger partial charge in [0, 0.05) is 32.2 Å². The van der Waals surface area contributed by atoms with Crippen molar-refractivity contribution in [1.82, 2.24) is 9.88 Å². The average Bonchev–Trinajstić information content (AvgIpc) is 2.64. The van der Waals surface area contributed by atoms with Gasteiger partial charge in [-0.1, -0.05) is 35.3 Å². The molecule has 0 bridgehead atoms. The van der Waals surface area contributed by atoms with E-state index in [0.717, 1.165) is 51.3 Å². The summed E-state index contributed by atoms with van der Waals surface area (Å²) in [6.07, 6.45) is 2.09. The van der Waals surface area contributed by atoms with Gasteiger partial charge >= 0.3 is 0 Å². The first kappa shape index (κ1) is 19.1. The number of hydrogen-bond acceptors (Lipinski definition) is 5.